The Kier molecular flexibility index (Phi) is 4.49. The lowest BCUT2D eigenvalue weighted by atomic mass is 9.93. The van der Waals surface area contributed by atoms with Crippen LogP contribution in [0.1, 0.15) is 36.8 Å². The quantitative estimate of drug-likeness (QED) is 0.626. The molecule has 0 bridgehead atoms. The molecule has 5 nitrogen and oxygen atoms in total. The fraction of sp³-hybridized carbons (Fsp3) is 0.533. The Morgan fingerprint density at radius 1 is 1.35 bits per heavy atom. The van der Waals surface area contributed by atoms with E-state index >= 15 is 0 Å². The zero-order valence-corrected chi connectivity index (χ0v) is 12.0. The number of nitro benzene ring substituents is 1. The maximum atomic E-state index is 11.3. The normalized spacial score (nSPS) is 16.6. The summed E-state index contributed by atoms with van der Waals surface area (Å²) < 4.78 is 0. The molecule has 0 saturated heterocycles. The van der Waals surface area contributed by atoms with Gasteiger partial charge in [0.15, 0.2) is 0 Å². The molecule has 0 N–H and O–H groups in total. The van der Waals surface area contributed by atoms with Crippen LogP contribution in [0.2, 0.25) is 0 Å². The molecular weight excluding hydrogens is 256 g/mol. The lowest BCUT2D eigenvalue weighted by molar-refractivity contribution is -0.385. The summed E-state index contributed by atoms with van der Waals surface area (Å²) in [4.78, 5) is 24.1. The molecule has 1 aliphatic rings. The number of nitrogens with zero attached hydrogens (tertiary/aromatic N) is 2. The van der Waals surface area contributed by atoms with Gasteiger partial charge in [-0.15, -0.1) is 0 Å². The number of Topliss-reactive ketones (excluding diaryl/α,β-unsaturated/α-hetero) is 1. The van der Waals surface area contributed by atoms with Crippen molar-refractivity contribution in [2.45, 2.75) is 45.2 Å². The second kappa shape index (κ2) is 6.13. The van der Waals surface area contributed by atoms with Gasteiger partial charge >= 0.3 is 0 Å². The van der Waals surface area contributed by atoms with E-state index < -0.39 is 0 Å². The van der Waals surface area contributed by atoms with E-state index in [4.69, 9.17) is 0 Å². The van der Waals surface area contributed by atoms with Crippen LogP contribution in [0, 0.1) is 17.0 Å². The minimum Gasteiger partial charge on any atom is -0.300 e. The van der Waals surface area contributed by atoms with E-state index in [0.29, 0.717) is 31.2 Å². The molecule has 108 valence electrons. The molecule has 1 fully saturated rings. The summed E-state index contributed by atoms with van der Waals surface area (Å²) in [5, 5.41) is 11.0. The molecule has 1 saturated carbocycles. The molecule has 20 heavy (non-hydrogen) atoms. The molecule has 1 aromatic rings. The van der Waals surface area contributed by atoms with Crippen molar-refractivity contribution < 1.29 is 9.72 Å². The Balaban J connectivity index is 2.08. The fourth-order valence-corrected chi connectivity index (χ4v) is 2.80. The van der Waals surface area contributed by atoms with Crippen LogP contribution in [0.4, 0.5) is 5.69 Å². The van der Waals surface area contributed by atoms with Gasteiger partial charge < -0.3 is 0 Å². The Morgan fingerprint density at radius 3 is 2.60 bits per heavy atom. The van der Waals surface area contributed by atoms with Gasteiger partial charge in [-0.2, -0.15) is 0 Å². The van der Waals surface area contributed by atoms with E-state index in [1.807, 2.05) is 13.1 Å². The van der Waals surface area contributed by atoms with E-state index in [-0.39, 0.29) is 10.6 Å². The third-order valence-electron chi connectivity index (χ3n) is 4.17. The lowest BCUT2D eigenvalue weighted by Gasteiger charge is -2.31. The minimum atomic E-state index is -0.335. The van der Waals surface area contributed by atoms with E-state index in [1.165, 1.54) is 6.07 Å². The number of carbonyl (C=O) groups is 1. The molecule has 0 radical (unpaired) electrons. The number of hydrogen-bond donors (Lipinski definition) is 0. The highest BCUT2D eigenvalue weighted by Crippen LogP contribution is 2.25. The number of nitro groups is 1. The number of carbonyl (C=O) groups excluding carboxylic acids is 1. The highest BCUT2D eigenvalue weighted by Gasteiger charge is 2.23. The maximum Gasteiger partial charge on any atom is 0.272 e. The highest BCUT2D eigenvalue weighted by molar-refractivity contribution is 5.79. The van der Waals surface area contributed by atoms with Gasteiger partial charge in [-0.3, -0.25) is 19.8 Å². The van der Waals surface area contributed by atoms with Crippen molar-refractivity contribution >= 4 is 11.5 Å². The smallest absolute Gasteiger partial charge is 0.272 e. The second-order valence-electron chi connectivity index (χ2n) is 5.50. The largest absolute Gasteiger partial charge is 0.300 e. The van der Waals surface area contributed by atoms with Crippen LogP contribution in [0.5, 0.6) is 0 Å². The SMILES string of the molecule is Cc1c(CN(C)C2CCC(=O)CC2)cccc1[N+](=O)[O-]. The molecule has 0 unspecified atom stereocenters. The summed E-state index contributed by atoms with van der Waals surface area (Å²) in [6.07, 6.45) is 3.10. The monoisotopic (exact) mass is 276 g/mol. The molecule has 0 aliphatic heterocycles. The molecule has 0 aromatic heterocycles. The van der Waals surface area contributed by atoms with Crippen molar-refractivity contribution in [3.8, 4) is 0 Å². The van der Waals surface area contributed by atoms with Gasteiger partial charge in [0.2, 0.25) is 0 Å². The third kappa shape index (κ3) is 3.22. The van der Waals surface area contributed by atoms with Crippen molar-refractivity contribution in [3.63, 3.8) is 0 Å². The van der Waals surface area contributed by atoms with Crippen molar-refractivity contribution in [1.82, 2.24) is 4.90 Å². The number of rotatable bonds is 4. The predicted octanol–water partition coefficient (Wildman–Crippen LogP) is 2.85. The molecule has 1 aliphatic carbocycles. The lowest BCUT2D eigenvalue weighted by Crippen LogP contribution is -2.35. The molecule has 2 rings (SSSR count). The van der Waals surface area contributed by atoms with Gasteiger partial charge in [0.05, 0.1) is 4.92 Å². The first-order valence-electron chi connectivity index (χ1n) is 6.94. The van der Waals surface area contributed by atoms with Crippen molar-refractivity contribution in [1.29, 1.82) is 0 Å². The van der Waals surface area contributed by atoms with Crippen molar-refractivity contribution in [2.75, 3.05) is 7.05 Å². The Labute approximate surface area is 118 Å². The molecule has 1 aromatic carbocycles. The summed E-state index contributed by atoms with van der Waals surface area (Å²) >= 11 is 0. The van der Waals surface area contributed by atoms with E-state index in [0.717, 1.165) is 24.0 Å². The van der Waals surface area contributed by atoms with Gasteiger partial charge in [0, 0.05) is 37.1 Å². The summed E-state index contributed by atoms with van der Waals surface area (Å²) in [5.74, 6) is 0.348. The zero-order valence-electron chi connectivity index (χ0n) is 12.0. The van der Waals surface area contributed by atoms with Crippen LogP contribution in [-0.4, -0.2) is 28.7 Å². The second-order valence-corrected chi connectivity index (χ2v) is 5.50. The molecule has 0 amide bonds. The van der Waals surface area contributed by atoms with Gasteiger partial charge in [0.25, 0.3) is 5.69 Å². The van der Waals surface area contributed by atoms with Gasteiger partial charge in [-0.1, -0.05) is 12.1 Å². The summed E-state index contributed by atoms with van der Waals surface area (Å²) in [6.45, 7) is 2.48. The molecule has 0 heterocycles. The average molecular weight is 276 g/mol. The average Bonchev–Trinajstić information content (AvgIpc) is 2.41. The number of benzene rings is 1. The standard InChI is InChI=1S/C15H20N2O3/c1-11-12(4-3-5-15(11)17(19)20)10-16(2)13-6-8-14(18)9-7-13/h3-5,13H,6-10H2,1-2H3. The fourth-order valence-electron chi connectivity index (χ4n) is 2.80. The van der Waals surface area contributed by atoms with Crippen molar-refractivity contribution in [3.05, 3.63) is 39.4 Å². The minimum absolute atomic E-state index is 0.176. The maximum absolute atomic E-state index is 11.3. The van der Waals surface area contributed by atoms with Crippen molar-refractivity contribution in [2.24, 2.45) is 0 Å². The first-order chi connectivity index (χ1) is 9.49. The number of hydrogen-bond acceptors (Lipinski definition) is 4. The van der Waals surface area contributed by atoms with E-state index in [2.05, 4.69) is 4.90 Å². The predicted molar refractivity (Wildman–Crippen MR) is 76.6 cm³/mol. The molecular formula is C15H20N2O3. The van der Waals surface area contributed by atoms with E-state index in [9.17, 15) is 14.9 Å². The Bertz CT molecular complexity index is 518. The van der Waals surface area contributed by atoms with Crippen LogP contribution in [0.15, 0.2) is 18.2 Å². The summed E-state index contributed by atoms with van der Waals surface area (Å²) in [5.41, 5.74) is 1.89. The highest BCUT2D eigenvalue weighted by atomic mass is 16.6. The summed E-state index contributed by atoms with van der Waals surface area (Å²) in [7, 11) is 2.03. The van der Waals surface area contributed by atoms with Gasteiger partial charge in [-0.25, -0.2) is 0 Å². The Hall–Kier alpha value is -1.75. The van der Waals surface area contributed by atoms with Crippen LogP contribution >= 0.6 is 0 Å². The zero-order chi connectivity index (χ0) is 14.7. The first kappa shape index (κ1) is 14.7. The van der Waals surface area contributed by atoms with Gasteiger partial charge in [0.1, 0.15) is 5.78 Å². The van der Waals surface area contributed by atoms with Gasteiger partial charge in [-0.05, 0) is 32.4 Å². The van der Waals surface area contributed by atoms with Crippen LogP contribution < -0.4 is 0 Å². The van der Waals surface area contributed by atoms with Crippen LogP contribution in [0.3, 0.4) is 0 Å². The topological polar surface area (TPSA) is 63.5 Å². The van der Waals surface area contributed by atoms with Crippen LogP contribution in [-0.2, 0) is 11.3 Å². The third-order valence-corrected chi connectivity index (χ3v) is 4.17. The molecule has 5 heteroatoms. The number of ketones is 1. The first-order valence-corrected chi connectivity index (χ1v) is 6.94. The van der Waals surface area contributed by atoms with E-state index in [1.54, 1.807) is 13.0 Å². The summed E-state index contributed by atoms with van der Waals surface area (Å²) in [6, 6.07) is 5.61. The molecule has 0 spiro atoms. The molecule has 0 atom stereocenters. The Morgan fingerprint density at radius 2 is 2.00 bits per heavy atom. The van der Waals surface area contributed by atoms with Crippen LogP contribution in [0.25, 0.3) is 0 Å².